The summed E-state index contributed by atoms with van der Waals surface area (Å²) in [6.45, 7) is 0. The fourth-order valence-electron chi connectivity index (χ4n) is 3.65. The molecule has 0 heterocycles. The highest BCUT2D eigenvalue weighted by atomic mass is 16.4. The largest absolute Gasteiger partial charge is 0.481 e. The Hall–Kier alpha value is -0.530. The summed E-state index contributed by atoms with van der Waals surface area (Å²) in [4.78, 5) is 10.9. The Bertz CT molecular complexity index is 210. The van der Waals surface area contributed by atoms with Crippen LogP contribution in [0.4, 0.5) is 0 Å². The van der Waals surface area contributed by atoms with Crippen molar-refractivity contribution < 1.29 is 9.90 Å². The lowest BCUT2D eigenvalue weighted by atomic mass is 9.58. The van der Waals surface area contributed by atoms with Gasteiger partial charge in [-0.15, -0.1) is 0 Å². The second-order valence-electron chi connectivity index (χ2n) is 5.12. The molecule has 14 heavy (non-hydrogen) atoms. The molecule has 2 aliphatic carbocycles. The van der Waals surface area contributed by atoms with Gasteiger partial charge in [-0.3, -0.25) is 4.79 Å². The third-order valence-corrected chi connectivity index (χ3v) is 4.32. The summed E-state index contributed by atoms with van der Waals surface area (Å²) < 4.78 is 0. The van der Waals surface area contributed by atoms with Gasteiger partial charge in [0.25, 0.3) is 0 Å². The second kappa shape index (κ2) is 3.92. The quantitative estimate of drug-likeness (QED) is 0.736. The molecule has 2 rings (SSSR count). The molecule has 80 valence electrons. The van der Waals surface area contributed by atoms with Crippen molar-refractivity contribution in [3.8, 4) is 0 Å². The number of carboxylic acid groups (broad SMARTS) is 1. The SMILES string of the molecule is O=C(O)CC12CCCCC1CCCC2. The maximum Gasteiger partial charge on any atom is 0.303 e. The van der Waals surface area contributed by atoms with Crippen LogP contribution >= 0.6 is 0 Å². The molecule has 2 fully saturated rings. The number of fused-ring (bicyclic) bond motifs is 1. The van der Waals surface area contributed by atoms with Crippen molar-refractivity contribution in [2.75, 3.05) is 0 Å². The highest BCUT2D eigenvalue weighted by Crippen LogP contribution is 2.52. The Kier molecular flexibility index (Phi) is 2.80. The van der Waals surface area contributed by atoms with E-state index in [-0.39, 0.29) is 5.41 Å². The molecule has 2 nitrogen and oxygen atoms in total. The molecule has 2 aliphatic rings. The van der Waals surface area contributed by atoms with Crippen LogP contribution in [0.1, 0.15) is 57.8 Å². The Balaban J connectivity index is 2.11. The molecular weight excluding hydrogens is 176 g/mol. The van der Waals surface area contributed by atoms with Crippen molar-refractivity contribution in [2.24, 2.45) is 11.3 Å². The first-order chi connectivity index (χ1) is 6.73. The Morgan fingerprint density at radius 1 is 1.14 bits per heavy atom. The molecule has 0 spiro atoms. The molecule has 0 saturated heterocycles. The first-order valence-electron chi connectivity index (χ1n) is 5.95. The van der Waals surface area contributed by atoms with E-state index in [9.17, 15) is 4.79 Å². The molecule has 0 aliphatic heterocycles. The van der Waals surface area contributed by atoms with Gasteiger partial charge < -0.3 is 5.11 Å². The number of aliphatic carboxylic acids is 1. The number of carboxylic acids is 1. The van der Waals surface area contributed by atoms with Crippen LogP contribution in [0.25, 0.3) is 0 Å². The fourth-order valence-corrected chi connectivity index (χ4v) is 3.65. The van der Waals surface area contributed by atoms with E-state index in [1.807, 2.05) is 0 Å². The van der Waals surface area contributed by atoms with E-state index in [0.717, 1.165) is 5.92 Å². The molecule has 0 amide bonds. The van der Waals surface area contributed by atoms with E-state index in [2.05, 4.69) is 0 Å². The lowest BCUT2D eigenvalue weighted by molar-refractivity contribution is -0.142. The molecule has 0 unspecified atom stereocenters. The van der Waals surface area contributed by atoms with Crippen molar-refractivity contribution in [1.82, 2.24) is 0 Å². The molecule has 0 bridgehead atoms. The molecule has 0 aromatic rings. The van der Waals surface area contributed by atoms with Gasteiger partial charge in [0.05, 0.1) is 6.42 Å². The Morgan fingerprint density at radius 3 is 2.21 bits per heavy atom. The van der Waals surface area contributed by atoms with Crippen LogP contribution in [0.5, 0.6) is 0 Å². The summed E-state index contributed by atoms with van der Waals surface area (Å²) >= 11 is 0. The van der Waals surface area contributed by atoms with Gasteiger partial charge in [0.15, 0.2) is 0 Å². The monoisotopic (exact) mass is 196 g/mol. The van der Waals surface area contributed by atoms with Crippen LogP contribution < -0.4 is 0 Å². The van der Waals surface area contributed by atoms with E-state index in [1.54, 1.807) is 0 Å². The molecule has 0 aromatic carbocycles. The van der Waals surface area contributed by atoms with Gasteiger partial charge in [0, 0.05) is 0 Å². The zero-order valence-electron chi connectivity index (χ0n) is 8.80. The van der Waals surface area contributed by atoms with Crippen molar-refractivity contribution in [1.29, 1.82) is 0 Å². The minimum absolute atomic E-state index is 0.197. The number of hydrogen-bond acceptors (Lipinski definition) is 1. The molecule has 1 N–H and O–H groups in total. The van der Waals surface area contributed by atoms with Crippen molar-refractivity contribution in [3.63, 3.8) is 0 Å². The second-order valence-corrected chi connectivity index (χ2v) is 5.12. The van der Waals surface area contributed by atoms with Gasteiger partial charge in [0.2, 0.25) is 0 Å². The van der Waals surface area contributed by atoms with Gasteiger partial charge in [-0.2, -0.15) is 0 Å². The van der Waals surface area contributed by atoms with Crippen molar-refractivity contribution in [2.45, 2.75) is 57.8 Å². The van der Waals surface area contributed by atoms with E-state index >= 15 is 0 Å². The van der Waals surface area contributed by atoms with E-state index in [4.69, 9.17) is 5.11 Å². The van der Waals surface area contributed by atoms with Gasteiger partial charge in [0.1, 0.15) is 0 Å². The third-order valence-electron chi connectivity index (χ3n) is 4.32. The zero-order chi connectivity index (χ0) is 10.0. The zero-order valence-corrected chi connectivity index (χ0v) is 8.80. The first-order valence-corrected chi connectivity index (χ1v) is 5.95. The summed E-state index contributed by atoms with van der Waals surface area (Å²) in [6, 6.07) is 0. The van der Waals surface area contributed by atoms with Crippen LogP contribution in [-0.4, -0.2) is 11.1 Å². The minimum atomic E-state index is -0.584. The van der Waals surface area contributed by atoms with Gasteiger partial charge >= 0.3 is 5.97 Å². The molecule has 2 heteroatoms. The van der Waals surface area contributed by atoms with Crippen molar-refractivity contribution >= 4 is 5.97 Å². The predicted octanol–water partition coefficient (Wildman–Crippen LogP) is 3.21. The summed E-state index contributed by atoms with van der Waals surface area (Å²) in [6.07, 6.45) is 10.5. The average Bonchev–Trinajstić information content (AvgIpc) is 2.16. The number of hydrogen-bond donors (Lipinski definition) is 1. The molecule has 0 radical (unpaired) electrons. The van der Waals surface area contributed by atoms with E-state index in [0.29, 0.717) is 6.42 Å². The molecular formula is C12H20O2. The lowest BCUT2D eigenvalue weighted by Gasteiger charge is -2.46. The van der Waals surface area contributed by atoms with Crippen LogP contribution in [-0.2, 0) is 4.79 Å². The van der Waals surface area contributed by atoms with Crippen LogP contribution in [0.15, 0.2) is 0 Å². The van der Waals surface area contributed by atoms with Crippen LogP contribution in [0.2, 0.25) is 0 Å². The normalized spacial score (nSPS) is 37.6. The Labute approximate surface area is 85.7 Å². The third kappa shape index (κ3) is 1.79. The van der Waals surface area contributed by atoms with Crippen molar-refractivity contribution in [3.05, 3.63) is 0 Å². The molecule has 0 aromatic heterocycles. The number of carbonyl (C=O) groups is 1. The smallest absolute Gasteiger partial charge is 0.303 e. The van der Waals surface area contributed by atoms with E-state index in [1.165, 1.54) is 51.4 Å². The van der Waals surface area contributed by atoms with Crippen LogP contribution in [0, 0.1) is 11.3 Å². The molecule has 0 atom stereocenters. The van der Waals surface area contributed by atoms with Gasteiger partial charge in [-0.05, 0) is 37.0 Å². The average molecular weight is 196 g/mol. The van der Waals surface area contributed by atoms with Gasteiger partial charge in [-0.1, -0.05) is 25.7 Å². The summed E-state index contributed by atoms with van der Waals surface area (Å²) in [5, 5.41) is 9.00. The highest BCUT2D eigenvalue weighted by molar-refractivity contribution is 5.67. The lowest BCUT2D eigenvalue weighted by Crippen LogP contribution is -2.38. The highest BCUT2D eigenvalue weighted by Gasteiger charge is 2.43. The minimum Gasteiger partial charge on any atom is -0.481 e. The summed E-state index contributed by atoms with van der Waals surface area (Å²) in [7, 11) is 0. The van der Waals surface area contributed by atoms with Crippen LogP contribution in [0.3, 0.4) is 0 Å². The maximum absolute atomic E-state index is 10.9. The summed E-state index contributed by atoms with van der Waals surface area (Å²) in [5.41, 5.74) is 0.197. The fraction of sp³-hybridized carbons (Fsp3) is 0.917. The standard InChI is InChI=1S/C12H20O2/c13-11(14)9-12-7-3-1-5-10(12)6-2-4-8-12/h10H,1-9H2,(H,13,14). The topological polar surface area (TPSA) is 37.3 Å². The van der Waals surface area contributed by atoms with Gasteiger partial charge in [-0.25, -0.2) is 0 Å². The first kappa shape index (κ1) is 10.0. The molecule has 2 saturated carbocycles. The number of rotatable bonds is 2. The maximum atomic E-state index is 10.9. The summed E-state index contributed by atoms with van der Waals surface area (Å²) in [5.74, 6) is 0.139. The Morgan fingerprint density at radius 2 is 1.71 bits per heavy atom. The predicted molar refractivity (Wildman–Crippen MR) is 55.1 cm³/mol. The van der Waals surface area contributed by atoms with E-state index < -0.39 is 5.97 Å².